The summed E-state index contributed by atoms with van der Waals surface area (Å²) in [4.78, 5) is 57.6. The Morgan fingerprint density at radius 2 is 1.83 bits per heavy atom. The van der Waals surface area contributed by atoms with Gasteiger partial charge in [0.1, 0.15) is 28.0 Å². The number of carbonyl (C=O) groups is 4. The Labute approximate surface area is 271 Å². The standard InChI is InChI=1S/C32H33ClFN5O6S/c1-20(18-46(3,44)45)38(2)32(43)26(25-7-6-8-27(34)30(25)33)16-39(19-40)17-29(41)36-24-11-10-21-13-23(14-22(21)15-24)31(42)37-28-9-4-5-12-35-28/h4-12,15-16,19-20,23H,13-14,17-18H2,1-3H3,(H,36,41)(H,35,37,42)/b26-16-. The van der Waals surface area contributed by atoms with Crippen molar-refractivity contribution in [3.05, 3.63) is 94.5 Å². The van der Waals surface area contributed by atoms with E-state index in [-0.39, 0.29) is 33.7 Å². The number of hydrogen-bond acceptors (Lipinski definition) is 7. The molecule has 0 bridgehead atoms. The molecule has 4 rings (SSSR count). The molecule has 1 heterocycles. The Morgan fingerprint density at radius 1 is 1.09 bits per heavy atom. The highest BCUT2D eigenvalue weighted by Crippen LogP contribution is 2.31. The minimum Gasteiger partial charge on any atom is -0.338 e. The van der Waals surface area contributed by atoms with E-state index in [4.69, 9.17) is 11.6 Å². The van der Waals surface area contributed by atoms with Crippen molar-refractivity contribution in [1.82, 2.24) is 14.8 Å². The van der Waals surface area contributed by atoms with E-state index in [0.29, 0.717) is 30.8 Å². The van der Waals surface area contributed by atoms with Crippen molar-refractivity contribution >= 4 is 62.6 Å². The van der Waals surface area contributed by atoms with Crippen LogP contribution in [0, 0.1) is 11.7 Å². The highest BCUT2D eigenvalue weighted by Gasteiger charge is 2.29. The first-order valence-corrected chi connectivity index (χ1v) is 16.6. The number of pyridine rings is 1. The second kappa shape index (κ2) is 14.6. The van der Waals surface area contributed by atoms with Gasteiger partial charge in [-0.05, 0) is 61.2 Å². The molecule has 0 aliphatic heterocycles. The maximum Gasteiger partial charge on any atom is 0.256 e. The maximum atomic E-state index is 14.4. The molecule has 0 spiro atoms. The SMILES string of the molecule is CC(CS(C)(=O)=O)N(C)C(=O)/C(=C\N(C=O)CC(=O)Nc1ccc2c(c1)CC(C(=O)Nc1ccccn1)C2)c1cccc(F)c1Cl. The minimum atomic E-state index is -3.45. The van der Waals surface area contributed by atoms with Crippen molar-refractivity contribution in [3.8, 4) is 0 Å². The van der Waals surface area contributed by atoms with Crippen molar-refractivity contribution in [3.63, 3.8) is 0 Å². The normalized spacial score (nSPS) is 15.0. The molecular formula is C32H33ClFN5O6S. The Kier molecular flexibility index (Phi) is 10.9. The Morgan fingerprint density at radius 3 is 2.50 bits per heavy atom. The summed E-state index contributed by atoms with van der Waals surface area (Å²) < 4.78 is 38.1. The predicted molar refractivity (Wildman–Crippen MR) is 173 cm³/mol. The summed E-state index contributed by atoms with van der Waals surface area (Å²) in [5.74, 6) is -2.48. The number of amides is 4. The van der Waals surface area contributed by atoms with Crippen LogP contribution in [-0.2, 0) is 41.9 Å². The molecule has 2 N–H and O–H groups in total. The van der Waals surface area contributed by atoms with Crippen molar-refractivity contribution in [2.45, 2.75) is 25.8 Å². The van der Waals surface area contributed by atoms with Gasteiger partial charge >= 0.3 is 0 Å². The topological polar surface area (TPSA) is 146 Å². The molecule has 2 atom stereocenters. The summed E-state index contributed by atoms with van der Waals surface area (Å²) >= 11 is 6.18. The van der Waals surface area contributed by atoms with Gasteiger partial charge in [0.25, 0.3) is 5.91 Å². The Bertz CT molecular complexity index is 1790. The van der Waals surface area contributed by atoms with Crippen LogP contribution in [0.3, 0.4) is 0 Å². The van der Waals surface area contributed by atoms with Crippen LogP contribution in [0.25, 0.3) is 5.57 Å². The van der Waals surface area contributed by atoms with Gasteiger partial charge in [0.05, 0.1) is 16.3 Å². The van der Waals surface area contributed by atoms with E-state index >= 15 is 0 Å². The van der Waals surface area contributed by atoms with E-state index in [9.17, 15) is 32.0 Å². The molecule has 242 valence electrons. The first-order valence-electron chi connectivity index (χ1n) is 14.2. The lowest BCUT2D eigenvalue weighted by atomic mass is 10.0. The van der Waals surface area contributed by atoms with Gasteiger partial charge in [-0.15, -0.1) is 0 Å². The summed E-state index contributed by atoms with van der Waals surface area (Å²) in [5.41, 5.74) is 2.05. The maximum absolute atomic E-state index is 14.4. The molecule has 1 aliphatic carbocycles. The van der Waals surface area contributed by atoms with Crippen LogP contribution in [0.2, 0.25) is 5.02 Å². The molecule has 0 saturated heterocycles. The molecular weight excluding hydrogens is 637 g/mol. The molecule has 0 fully saturated rings. The number of rotatable bonds is 12. The molecule has 1 aromatic heterocycles. The molecule has 4 amide bonds. The summed E-state index contributed by atoms with van der Waals surface area (Å²) in [7, 11) is -2.07. The zero-order chi connectivity index (χ0) is 33.6. The lowest BCUT2D eigenvalue weighted by molar-refractivity contribution is -0.125. The van der Waals surface area contributed by atoms with Crippen LogP contribution in [0.5, 0.6) is 0 Å². The summed E-state index contributed by atoms with van der Waals surface area (Å²) in [6.07, 6.45) is 5.02. The van der Waals surface area contributed by atoms with Gasteiger partial charge in [-0.2, -0.15) is 0 Å². The molecule has 1 aliphatic rings. The van der Waals surface area contributed by atoms with Gasteiger partial charge in [0.15, 0.2) is 0 Å². The number of fused-ring (bicyclic) bond motifs is 1. The van der Waals surface area contributed by atoms with Gasteiger partial charge < -0.3 is 20.4 Å². The van der Waals surface area contributed by atoms with Crippen LogP contribution in [0.1, 0.15) is 23.6 Å². The van der Waals surface area contributed by atoms with E-state index in [0.717, 1.165) is 39.4 Å². The van der Waals surface area contributed by atoms with Gasteiger partial charge in [0, 0.05) is 48.9 Å². The number of nitrogens with zero attached hydrogens (tertiary/aromatic N) is 3. The smallest absolute Gasteiger partial charge is 0.256 e. The van der Waals surface area contributed by atoms with E-state index < -0.39 is 40.1 Å². The number of halogens is 2. The van der Waals surface area contributed by atoms with Crippen LogP contribution >= 0.6 is 11.6 Å². The lowest BCUT2D eigenvalue weighted by Gasteiger charge is -2.26. The van der Waals surface area contributed by atoms with Crippen LogP contribution in [0.4, 0.5) is 15.9 Å². The fourth-order valence-electron chi connectivity index (χ4n) is 5.08. The third kappa shape index (κ3) is 8.76. The largest absolute Gasteiger partial charge is 0.338 e. The number of nitrogens with one attached hydrogen (secondary N) is 2. The number of sulfone groups is 1. The van der Waals surface area contributed by atoms with E-state index in [1.54, 1.807) is 36.5 Å². The molecule has 3 aromatic rings. The predicted octanol–water partition coefficient (Wildman–Crippen LogP) is 3.56. The molecule has 0 radical (unpaired) electrons. The van der Waals surface area contributed by atoms with Gasteiger partial charge in [-0.1, -0.05) is 35.9 Å². The second-order valence-corrected chi connectivity index (χ2v) is 13.7. The van der Waals surface area contributed by atoms with E-state index in [1.807, 2.05) is 6.07 Å². The quantitative estimate of drug-likeness (QED) is 0.222. The first kappa shape index (κ1) is 34.3. The van der Waals surface area contributed by atoms with Crippen molar-refractivity contribution in [2.24, 2.45) is 5.92 Å². The number of carbonyl (C=O) groups excluding carboxylic acids is 4. The monoisotopic (exact) mass is 669 g/mol. The Balaban J connectivity index is 1.49. The van der Waals surface area contributed by atoms with Gasteiger partial charge in [0.2, 0.25) is 18.2 Å². The van der Waals surface area contributed by atoms with Crippen molar-refractivity contribution in [1.29, 1.82) is 0 Å². The zero-order valence-corrected chi connectivity index (χ0v) is 26.9. The molecule has 2 aromatic carbocycles. The molecule has 2 unspecified atom stereocenters. The van der Waals surface area contributed by atoms with E-state index in [1.165, 1.54) is 26.1 Å². The van der Waals surface area contributed by atoms with Gasteiger partial charge in [-0.25, -0.2) is 17.8 Å². The molecule has 14 heteroatoms. The summed E-state index contributed by atoms with van der Waals surface area (Å²) in [6, 6.07) is 13.5. The van der Waals surface area contributed by atoms with Crippen molar-refractivity contribution < 1.29 is 32.0 Å². The molecule has 0 saturated carbocycles. The van der Waals surface area contributed by atoms with Crippen LogP contribution in [0.15, 0.2) is 67.0 Å². The number of likely N-dealkylation sites (N-methyl/N-ethyl adjacent to an activating group) is 1. The first-order chi connectivity index (χ1) is 21.8. The van der Waals surface area contributed by atoms with E-state index in [2.05, 4.69) is 15.6 Å². The number of hydrogen-bond donors (Lipinski definition) is 2. The average Bonchev–Trinajstić information content (AvgIpc) is 3.43. The fraction of sp³-hybridized carbons (Fsp3) is 0.281. The minimum absolute atomic E-state index is 0.0439. The fourth-order valence-corrected chi connectivity index (χ4v) is 6.41. The number of anilines is 2. The second-order valence-electron chi connectivity index (χ2n) is 11.1. The lowest BCUT2D eigenvalue weighted by Crippen LogP contribution is -2.40. The van der Waals surface area contributed by atoms with Crippen molar-refractivity contribution in [2.75, 3.05) is 36.2 Å². The summed E-state index contributed by atoms with van der Waals surface area (Å²) in [5, 5.41) is 5.15. The van der Waals surface area contributed by atoms with Crippen LogP contribution < -0.4 is 10.6 Å². The highest BCUT2D eigenvalue weighted by atomic mass is 35.5. The summed E-state index contributed by atoms with van der Waals surface area (Å²) in [6.45, 7) is 1.02. The third-order valence-corrected chi connectivity index (χ3v) is 8.94. The number of aromatic nitrogens is 1. The Hall–Kier alpha value is -4.62. The molecule has 46 heavy (non-hydrogen) atoms. The van der Waals surface area contributed by atoms with Crippen LogP contribution in [-0.4, -0.2) is 79.0 Å². The third-order valence-electron chi connectivity index (χ3n) is 7.46. The zero-order valence-electron chi connectivity index (χ0n) is 25.4. The van der Waals surface area contributed by atoms with Gasteiger partial charge in [-0.3, -0.25) is 19.2 Å². The number of benzene rings is 2. The highest BCUT2D eigenvalue weighted by molar-refractivity contribution is 7.90. The molecule has 11 nitrogen and oxygen atoms in total. The average molecular weight is 670 g/mol.